The minimum absolute atomic E-state index is 0.0157. The summed E-state index contributed by atoms with van der Waals surface area (Å²) in [5.41, 5.74) is -0.141. The Labute approximate surface area is 216 Å². The van der Waals surface area contributed by atoms with Gasteiger partial charge in [-0.25, -0.2) is 22.0 Å². The minimum atomic E-state index is -2.33. The van der Waals surface area contributed by atoms with Crippen LogP contribution in [0.25, 0.3) is 6.08 Å². The zero-order chi connectivity index (χ0) is 26.1. The Hall–Kier alpha value is -3.48. The second kappa shape index (κ2) is 10.2. The predicted octanol–water partition coefficient (Wildman–Crippen LogP) is 6.38. The maximum Gasteiger partial charge on any atom is 0.280 e. The molecule has 1 amide bonds. The van der Waals surface area contributed by atoms with Gasteiger partial charge < -0.3 is 9.47 Å². The number of carbonyl (C=O) groups is 1. The van der Waals surface area contributed by atoms with E-state index in [2.05, 4.69) is 27.7 Å². The molecule has 3 aromatic carbocycles. The zero-order valence-corrected chi connectivity index (χ0v) is 20.9. The van der Waals surface area contributed by atoms with Crippen LogP contribution < -0.4 is 14.5 Å². The third-order valence-corrected chi connectivity index (χ3v) is 5.99. The highest BCUT2D eigenvalue weighted by atomic mass is 127. The molecule has 0 fully saturated rings. The van der Waals surface area contributed by atoms with E-state index in [1.807, 2.05) is 24.3 Å². The highest BCUT2D eigenvalue weighted by molar-refractivity contribution is 14.1. The average Bonchev–Trinajstić information content (AvgIpc) is 3.14. The number of halogens is 6. The largest absolute Gasteiger partial charge is 0.493 e. The summed E-state index contributed by atoms with van der Waals surface area (Å²) in [5.74, 6) is -11.3. The molecule has 1 aliphatic rings. The highest BCUT2D eigenvalue weighted by Crippen LogP contribution is 2.35. The van der Waals surface area contributed by atoms with Crippen LogP contribution in [0.1, 0.15) is 18.1 Å². The first kappa shape index (κ1) is 25.6. The summed E-state index contributed by atoms with van der Waals surface area (Å²) in [4.78, 5) is 12.9. The van der Waals surface area contributed by atoms with Crippen molar-refractivity contribution in [1.29, 1.82) is 0 Å². The van der Waals surface area contributed by atoms with Crippen molar-refractivity contribution in [2.75, 3.05) is 12.1 Å². The fourth-order valence-electron chi connectivity index (χ4n) is 3.42. The number of benzene rings is 3. The molecule has 0 saturated heterocycles. The zero-order valence-electron chi connectivity index (χ0n) is 18.7. The van der Waals surface area contributed by atoms with Gasteiger partial charge in [0.25, 0.3) is 5.91 Å². The normalized spacial score (nSPS) is 14.4. The van der Waals surface area contributed by atoms with Gasteiger partial charge in [-0.1, -0.05) is 18.2 Å². The summed E-state index contributed by atoms with van der Waals surface area (Å²) in [6.45, 7) is 1.65. The van der Waals surface area contributed by atoms with Crippen molar-refractivity contribution in [2.45, 2.75) is 13.5 Å². The van der Waals surface area contributed by atoms with E-state index in [0.717, 1.165) is 9.13 Å². The number of methoxy groups -OCH3 is 1. The smallest absolute Gasteiger partial charge is 0.280 e. The van der Waals surface area contributed by atoms with Crippen LogP contribution in [-0.4, -0.2) is 18.7 Å². The number of hydrogen-bond acceptors (Lipinski definition) is 4. The predicted molar refractivity (Wildman–Crippen MR) is 131 cm³/mol. The van der Waals surface area contributed by atoms with E-state index in [0.29, 0.717) is 17.1 Å². The van der Waals surface area contributed by atoms with Crippen LogP contribution in [0.15, 0.2) is 53.1 Å². The molecule has 1 aliphatic heterocycles. The van der Waals surface area contributed by atoms with Crippen molar-refractivity contribution in [3.05, 3.63) is 91.8 Å². The lowest BCUT2D eigenvalue weighted by atomic mass is 10.1. The number of anilines is 1. The Bertz CT molecular complexity index is 1400. The van der Waals surface area contributed by atoms with Crippen molar-refractivity contribution in [3.63, 3.8) is 0 Å². The Kier molecular flexibility index (Phi) is 7.29. The van der Waals surface area contributed by atoms with Crippen LogP contribution in [-0.2, 0) is 11.4 Å². The molecule has 0 saturated carbocycles. The van der Waals surface area contributed by atoms with Gasteiger partial charge in [-0.05, 0) is 71.0 Å². The van der Waals surface area contributed by atoms with E-state index in [-0.39, 0.29) is 22.9 Å². The summed E-state index contributed by atoms with van der Waals surface area (Å²) in [6.07, 6.45) is 1.36. The molecule has 0 bridgehead atoms. The Morgan fingerprint density at radius 1 is 0.917 bits per heavy atom. The molecule has 0 unspecified atom stereocenters. The van der Waals surface area contributed by atoms with Crippen LogP contribution in [0.4, 0.5) is 27.6 Å². The quantitative estimate of drug-likeness (QED) is 0.107. The maximum atomic E-state index is 14.2. The molecule has 0 atom stereocenters. The topological polar surface area (TPSA) is 51.1 Å². The van der Waals surface area contributed by atoms with Crippen LogP contribution in [0.5, 0.6) is 11.5 Å². The summed E-state index contributed by atoms with van der Waals surface area (Å²) in [6, 6.07) is 12.5. The SMILES string of the molecule is COc1cc(/C=C2/C(=O)N(c3c(F)c(F)c(F)c(F)c3F)N=C2C)ccc1OCc1ccc(I)cc1. The second-order valence-corrected chi connectivity index (χ2v) is 8.85. The molecule has 0 aromatic heterocycles. The number of amides is 1. The lowest BCUT2D eigenvalue weighted by Gasteiger charge is -2.15. The van der Waals surface area contributed by atoms with Crippen LogP contribution in [0.3, 0.4) is 0 Å². The third-order valence-electron chi connectivity index (χ3n) is 5.27. The van der Waals surface area contributed by atoms with Gasteiger partial charge in [-0.15, -0.1) is 0 Å². The fourth-order valence-corrected chi connectivity index (χ4v) is 3.78. The van der Waals surface area contributed by atoms with E-state index in [1.54, 1.807) is 18.2 Å². The number of hydrazone groups is 1. The number of nitrogens with zero attached hydrogens (tertiary/aromatic N) is 2. The van der Waals surface area contributed by atoms with Gasteiger partial charge in [-0.2, -0.15) is 10.1 Å². The average molecular weight is 614 g/mol. The molecule has 36 heavy (non-hydrogen) atoms. The van der Waals surface area contributed by atoms with E-state index < -0.39 is 40.7 Å². The number of carbonyl (C=O) groups excluding carboxylic acids is 1. The van der Waals surface area contributed by atoms with Crippen LogP contribution in [0.2, 0.25) is 0 Å². The van der Waals surface area contributed by atoms with Crippen molar-refractivity contribution in [2.24, 2.45) is 5.10 Å². The number of ether oxygens (including phenoxy) is 2. The summed E-state index contributed by atoms with van der Waals surface area (Å²) in [5, 5.41) is 3.88. The van der Waals surface area contributed by atoms with Gasteiger partial charge in [0.2, 0.25) is 5.82 Å². The first-order valence-electron chi connectivity index (χ1n) is 10.3. The van der Waals surface area contributed by atoms with Crippen LogP contribution >= 0.6 is 22.6 Å². The van der Waals surface area contributed by atoms with E-state index in [9.17, 15) is 26.7 Å². The molecular formula is C25H16F5IN2O3. The molecule has 3 aromatic rings. The first-order valence-corrected chi connectivity index (χ1v) is 11.4. The molecule has 0 spiro atoms. The molecule has 1 heterocycles. The standard InChI is InChI=1S/C25H16F5IN2O3/c1-12-16(25(34)33(32-12)24-22(29)20(27)19(26)21(28)23(24)30)9-14-5-8-17(18(10-14)35-2)36-11-13-3-6-15(31)7-4-13/h3-10H,11H2,1-2H3/b16-9+. The molecule has 186 valence electrons. The lowest BCUT2D eigenvalue weighted by molar-refractivity contribution is -0.114. The van der Waals surface area contributed by atoms with Gasteiger partial charge in [0, 0.05) is 3.57 Å². The fraction of sp³-hybridized carbons (Fsp3) is 0.120. The van der Waals surface area contributed by atoms with Crippen molar-refractivity contribution in [3.8, 4) is 11.5 Å². The summed E-state index contributed by atoms with van der Waals surface area (Å²) in [7, 11) is 1.43. The van der Waals surface area contributed by atoms with Crippen LogP contribution in [0, 0.1) is 32.7 Å². The van der Waals surface area contributed by atoms with Gasteiger partial charge >= 0.3 is 0 Å². The Morgan fingerprint density at radius 2 is 1.53 bits per heavy atom. The molecule has 0 N–H and O–H groups in total. The minimum Gasteiger partial charge on any atom is -0.493 e. The van der Waals surface area contributed by atoms with Gasteiger partial charge in [0.05, 0.1) is 18.4 Å². The maximum absolute atomic E-state index is 14.2. The Morgan fingerprint density at radius 3 is 2.14 bits per heavy atom. The van der Waals surface area contributed by atoms with Gasteiger partial charge in [0.1, 0.15) is 12.3 Å². The molecule has 0 radical (unpaired) electrons. The highest BCUT2D eigenvalue weighted by Gasteiger charge is 2.37. The Balaban J connectivity index is 1.61. The van der Waals surface area contributed by atoms with Gasteiger partial charge in [-0.3, -0.25) is 4.79 Å². The molecular weight excluding hydrogens is 598 g/mol. The third kappa shape index (κ3) is 4.79. The number of hydrogen-bond donors (Lipinski definition) is 0. The van der Waals surface area contributed by atoms with E-state index in [4.69, 9.17) is 9.47 Å². The van der Waals surface area contributed by atoms with Crippen molar-refractivity contribution in [1.82, 2.24) is 0 Å². The van der Waals surface area contributed by atoms with E-state index in [1.165, 1.54) is 20.1 Å². The molecule has 4 rings (SSSR count). The second-order valence-electron chi connectivity index (χ2n) is 7.60. The number of rotatable bonds is 6. The summed E-state index contributed by atoms with van der Waals surface area (Å²) < 4.78 is 81.4. The first-order chi connectivity index (χ1) is 17.1. The molecule has 0 aliphatic carbocycles. The molecule has 5 nitrogen and oxygen atoms in total. The monoisotopic (exact) mass is 614 g/mol. The van der Waals surface area contributed by atoms with Crippen molar-refractivity contribution >= 4 is 46.0 Å². The summed E-state index contributed by atoms with van der Waals surface area (Å²) >= 11 is 2.20. The molecule has 11 heteroatoms. The lowest BCUT2D eigenvalue weighted by Crippen LogP contribution is -2.25. The van der Waals surface area contributed by atoms with E-state index >= 15 is 0 Å². The van der Waals surface area contributed by atoms with Gasteiger partial charge in [0.15, 0.2) is 34.8 Å². The van der Waals surface area contributed by atoms with Crippen molar-refractivity contribution < 1.29 is 36.2 Å².